The van der Waals surface area contributed by atoms with Gasteiger partial charge in [0.25, 0.3) is 5.91 Å². The Labute approximate surface area is 134 Å². The molecule has 0 saturated heterocycles. The quantitative estimate of drug-likeness (QED) is 0.832. The highest BCUT2D eigenvalue weighted by Gasteiger charge is 2.27. The predicted octanol–water partition coefficient (Wildman–Crippen LogP) is 2.98. The molecule has 1 aliphatic rings. The van der Waals surface area contributed by atoms with Crippen molar-refractivity contribution in [1.29, 1.82) is 0 Å². The first-order valence-electron chi connectivity index (χ1n) is 7.25. The maximum atomic E-state index is 11.6. The van der Waals surface area contributed by atoms with Crippen LogP contribution in [0, 0.1) is 0 Å². The third kappa shape index (κ3) is 3.54. The van der Waals surface area contributed by atoms with E-state index < -0.39 is 0 Å². The first kappa shape index (κ1) is 14.8. The average Bonchev–Trinajstić information content (AvgIpc) is 3.37. The number of aromatic nitrogens is 2. The third-order valence-electron chi connectivity index (χ3n) is 3.54. The SMILES string of the molecule is CNC(=O)c1cccc(CNc2cc(Cl)nc(C3CC3)n2)c1. The zero-order chi connectivity index (χ0) is 15.5. The van der Waals surface area contributed by atoms with Crippen molar-refractivity contribution in [3.05, 3.63) is 52.4 Å². The highest BCUT2D eigenvalue weighted by atomic mass is 35.5. The van der Waals surface area contributed by atoms with Gasteiger partial charge in [0.15, 0.2) is 0 Å². The molecule has 0 radical (unpaired) electrons. The van der Waals surface area contributed by atoms with E-state index in [-0.39, 0.29) is 5.91 Å². The molecule has 1 aromatic carbocycles. The smallest absolute Gasteiger partial charge is 0.251 e. The van der Waals surface area contributed by atoms with Crippen LogP contribution in [0.15, 0.2) is 30.3 Å². The van der Waals surface area contributed by atoms with Crippen molar-refractivity contribution in [2.75, 3.05) is 12.4 Å². The van der Waals surface area contributed by atoms with E-state index in [1.54, 1.807) is 19.2 Å². The molecule has 0 unspecified atom stereocenters. The number of halogens is 1. The van der Waals surface area contributed by atoms with Crippen LogP contribution in [0.1, 0.15) is 40.5 Å². The van der Waals surface area contributed by atoms with Gasteiger partial charge in [0.1, 0.15) is 16.8 Å². The van der Waals surface area contributed by atoms with E-state index in [1.807, 2.05) is 18.2 Å². The Kier molecular flexibility index (Phi) is 4.24. The second-order valence-corrected chi connectivity index (χ2v) is 5.73. The second kappa shape index (κ2) is 6.32. The van der Waals surface area contributed by atoms with Crippen LogP contribution in [0.25, 0.3) is 0 Å². The highest BCUT2D eigenvalue weighted by molar-refractivity contribution is 6.29. The van der Waals surface area contributed by atoms with Gasteiger partial charge in [0.05, 0.1) is 0 Å². The molecule has 3 rings (SSSR count). The van der Waals surface area contributed by atoms with Gasteiger partial charge in [-0.15, -0.1) is 0 Å². The van der Waals surface area contributed by atoms with Gasteiger partial charge in [-0.1, -0.05) is 23.7 Å². The molecule has 114 valence electrons. The molecule has 0 bridgehead atoms. The van der Waals surface area contributed by atoms with Crippen LogP contribution < -0.4 is 10.6 Å². The second-order valence-electron chi connectivity index (χ2n) is 5.34. The number of hydrogen-bond acceptors (Lipinski definition) is 4. The molecule has 0 aliphatic heterocycles. The average molecular weight is 317 g/mol. The number of rotatable bonds is 5. The number of nitrogens with one attached hydrogen (secondary N) is 2. The number of nitrogens with zero attached hydrogens (tertiary/aromatic N) is 2. The van der Waals surface area contributed by atoms with E-state index in [2.05, 4.69) is 20.6 Å². The van der Waals surface area contributed by atoms with Gasteiger partial charge in [-0.05, 0) is 30.5 Å². The summed E-state index contributed by atoms with van der Waals surface area (Å²) < 4.78 is 0. The molecular formula is C16H17ClN4O. The lowest BCUT2D eigenvalue weighted by Crippen LogP contribution is -2.18. The summed E-state index contributed by atoms with van der Waals surface area (Å²) in [7, 11) is 1.62. The summed E-state index contributed by atoms with van der Waals surface area (Å²) in [4.78, 5) is 20.4. The third-order valence-corrected chi connectivity index (χ3v) is 3.74. The summed E-state index contributed by atoms with van der Waals surface area (Å²) in [5.41, 5.74) is 1.64. The lowest BCUT2D eigenvalue weighted by molar-refractivity contribution is 0.0963. The van der Waals surface area contributed by atoms with Crippen LogP contribution in [-0.2, 0) is 6.54 Å². The zero-order valence-corrected chi connectivity index (χ0v) is 13.0. The highest BCUT2D eigenvalue weighted by Crippen LogP contribution is 2.38. The van der Waals surface area contributed by atoms with E-state index in [0.29, 0.717) is 29.0 Å². The monoisotopic (exact) mass is 316 g/mol. The first-order valence-corrected chi connectivity index (χ1v) is 7.63. The predicted molar refractivity (Wildman–Crippen MR) is 86.2 cm³/mol. The molecule has 2 aromatic rings. The molecule has 1 saturated carbocycles. The van der Waals surface area contributed by atoms with E-state index in [0.717, 1.165) is 24.2 Å². The van der Waals surface area contributed by atoms with Crippen LogP contribution in [0.3, 0.4) is 0 Å². The number of carbonyl (C=O) groups excluding carboxylic acids is 1. The molecule has 2 N–H and O–H groups in total. The number of carbonyl (C=O) groups is 1. The Morgan fingerprint density at radius 2 is 2.14 bits per heavy atom. The Bertz CT molecular complexity index is 700. The molecule has 1 fully saturated rings. The van der Waals surface area contributed by atoms with Gasteiger partial charge in [0.2, 0.25) is 0 Å². The molecule has 0 atom stereocenters. The largest absolute Gasteiger partial charge is 0.366 e. The normalized spacial score (nSPS) is 13.7. The van der Waals surface area contributed by atoms with E-state index in [9.17, 15) is 4.79 Å². The summed E-state index contributed by atoms with van der Waals surface area (Å²) in [6.07, 6.45) is 2.27. The molecule has 5 nitrogen and oxygen atoms in total. The van der Waals surface area contributed by atoms with Crippen molar-refractivity contribution in [3.8, 4) is 0 Å². The van der Waals surface area contributed by atoms with Crippen LogP contribution in [0.2, 0.25) is 5.15 Å². The standard InChI is InChI=1S/C16H17ClN4O/c1-18-16(22)12-4-2-3-10(7-12)9-19-14-8-13(17)20-15(21-14)11-5-6-11/h2-4,7-8,11H,5-6,9H2,1H3,(H,18,22)(H,19,20,21). The molecule has 0 spiro atoms. The summed E-state index contributed by atoms with van der Waals surface area (Å²) >= 11 is 6.05. The van der Waals surface area contributed by atoms with Crippen molar-refractivity contribution in [3.63, 3.8) is 0 Å². The molecule has 1 aliphatic carbocycles. The Morgan fingerprint density at radius 3 is 2.86 bits per heavy atom. The summed E-state index contributed by atoms with van der Waals surface area (Å²) in [5.74, 6) is 1.89. The molecule has 1 amide bonds. The molecule has 1 heterocycles. The van der Waals surface area contributed by atoms with Gasteiger partial charge in [-0.3, -0.25) is 4.79 Å². The van der Waals surface area contributed by atoms with Crippen LogP contribution in [0.5, 0.6) is 0 Å². The van der Waals surface area contributed by atoms with E-state index in [4.69, 9.17) is 11.6 Å². The number of hydrogen-bond donors (Lipinski definition) is 2. The van der Waals surface area contributed by atoms with Gasteiger partial charge in [0, 0.05) is 31.1 Å². The van der Waals surface area contributed by atoms with Crippen LogP contribution in [0.4, 0.5) is 5.82 Å². The summed E-state index contributed by atoms with van der Waals surface area (Å²) in [6.45, 7) is 0.572. The Hall–Kier alpha value is -2.14. The maximum absolute atomic E-state index is 11.6. The summed E-state index contributed by atoms with van der Waals surface area (Å²) in [6, 6.07) is 9.19. The number of benzene rings is 1. The fourth-order valence-corrected chi connectivity index (χ4v) is 2.40. The molecule has 1 aromatic heterocycles. The number of amides is 1. The summed E-state index contributed by atoms with van der Waals surface area (Å²) in [5, 5.41) is 6.32. The van der Waals surface area contributed by atoms with Crippen molar-refractivity contribution in [1.82, 2.24) is 15.3 Å². The van der Waals surface area contributed by atoms with Crippen molar-refractivity contribution < 1.29 is 4.79 Å². The Balaban J connectivity index is 1.71. The fourth-order valence-electron chi connectivity index (χ4n) is 2.21. The zero-order valence-electron chi connectivity index (χ0n) is 12.3. The minimum Gasteiger partial charge on any atom is -0.366 e. The van der Waals surface area contributed by atoms with Gasteiger partial charge in [-0.25, -0.2) is 9.97 Å². The minimum absolute atomic E-state index is 0.0945. The van der Waals surface area contributed by atoms with Crippen molar-refractivity contribution >= 4 is 23.3 Å². The molecular weight excluding hydrogens is 300 g/mol. The van der Waals surface area contributed by atoms with Crippen LogP contribution in [-0.4, -0.2) is 22.9 Å². The molecule has 22 heavy (non-hydrogen) atoms. The van der Waals surface area contributed by atoms with Gasteiger partial charge >= 0.3 is 0 Å². The Morgan fingerprint density at radius 1 is 1.32 bits per heavy atom. The van der Waals surface area contributed by atoms with Crippen LogP contribution >= 0.6 is 11.6 Å². The van der Waals surface area contributed by atoms with Gasteiger partial charge < -0.3 is 10.6 Å². The molecule has 6 heteroatoms. The topological polar surface area (TPSA) is 66.9 Å². The van der Waals surface area contributed by atoms with Gasteiger partial charge in [-0.2, -0.15) is 0 Å². The minimum atomic E-state index is -0.0945. The fraction of sp³-hybridized carbons (Fsp3) is 0.312. The van der Waals surface area contributed by atoms with Crippen molar-refractivity contribution in [2.24, 2.45) is 0 Å². The van der Waals surface area contributed by atoms with Crippen molar-refractivity contribution in [2.45, 2.75) is 25.3 Å². The van der Waals surface area contributed by atoms with E-state index in [1.165, 1.54) is 0 Å². The lowest BCUT2D eigenvalue weighted by Gasteiger charge is -2.09. The van der Waals surface area contributed by atoms with E-state index >= 15 is 0 Å². The first-order chi connectivity index (χ1) is 10.7. The lowest BCUT2D eigenvalue weighted by atomic mass is 10.1. The number of anilines is 1. The maximum Gasteiger partial charge on any atom is 0.251 e.